The molecule has 3 atom stereocenters. The molecule has 2 aliphatic rings. The summed E-state index contributed by atoms with van der Waals surface area (Å²) < 4.78 is 5.03. The summed E-state index contributed by atoms with van der Waals surface area (Å²) in [6, 6.07) is -0.414. The van der Waals surface area contributed by atoms with Crippen LogP contribution in [0.4, 0.5) is 0 Å². The van der Waals surface area contributed by atoms with Crippen LogP contribution >= 0.6 is 11.8 Å². The highest BCUT2D eigenvalue weighted by molar-refractivity contribution is 8.02. The van der Waals surface area contributed by atoms with Gasteiger partial charge in [0.05, 0.1) is 11.3 Å². The maximum absolute atomic E-state index is 12.1. The molecule has 1 aromatic heterocycles. The smallest absolute Gasteiger partial charge is 0.302 e. The Morgan fingerprint density at radius 3 is 3.05 bits per heavy atom. The van der Waals surface area contributed by atoms with E-state index in [9.17, 15) is 9.59 Å². The zero-order valence-corrected chi connectivity index (χ0v) is 11.8. The second-order valence-electron chi connectivity index (χ2n) is 4.71. The number of tetrazole rings is 1. The number of hydrogen-bond acceptors (Lipinski definition) is 7. The number of nitrogens with zero attached hydrogens (tertiary/aromatic N) is 4. The van der Waals surface area contributed by atoms with Gasteiger partial charge in [-0.2, -0.15) is 5.21 Å². The number of nitrogens with one attached hydrogen (secondary N) is 1. The first kappa shape index (κ1) is 13.1. The Balaban J connectivity index is 1.90. The van der Waals surface area contributed by atoms with Crippen molar-refractivity contribution in [2.45, 2.75) is 25.3 Å². The molecule has 0 aliphatic carbocycles. The van der Waals surface area contributed by atoms with Gasteiger partial charge in [0.2, 0.25) is 11.7 Å². The first-order valence-electron chi connectivity index (χ1n) is 6.13. The minimum atomic E-state index is -0.414. The summed E-state index contributed by atoms with van der Waals surface area (Å²) in [5.41, 5.74) is 0.781. The van der Waals surface area contributed by atoms with Crippen molar-refractivity contribution >= 4 is 23.6 Å². The van der Waals surface area contributed by atoms with Crippen LogP contribution in [0.2, 0.25) is 0 Å². The molecule has 2 aliphatic heterocycles. The van der Waals surface area contributed by atoms with Crippen LogP contribution in [0.1, 0.15) is 25.7 Å². The highest BCUT2D eigenvalue weighted by atomic mass is 32.2. The molecule has 0 saturated carbocycles. The molecule has 1 fully saturated rings. The summed E-state index contributed by atoms with van der Waals surface area (Å²) in [4.78, 5) is 24.8. The molecule has 1 saturated heterocycles. The first-order valence-corrected chi connectivity index (χ1v) is 7.07. The van der Waals surface area contributed by atoms with E-state index in [4.69, 9.17) is 4.74 Å². The fraction of sp³-hybridized carbons (Fsp3) is 0.545. The van der Waals surface area contributed by atoms with Crippen LogP contribution in [-0.2, 0) is 14.3 Å². The van der Waals surface area contributed by atoms with Crippen LogP contribution < -0.4 is 0 Å². The normalized spacial score (nSPS) is 28.5. The van der Waals surface area contributed by atoms with E-state index in [1.165, 1.54) is 6.92 Å². The number of hydrogen-bond donors (Lipinski definition) is 1. The summed E-state index contributed by atoms with van der Waals surface area (Å²) in [6.45, 7) is 3.36. The number of amides is 1. The van der Waals surface area contributed by atoms with E-state index in [-0.39, 0.29) is 29.8 Å². The third-order valence-electron chi connectivity index (χ3n) is 3.38. The van der Waals surface area contributed by atoms with Gasteiger partial charge < -0.3 is 9.64 Å². The molecule has 106 valence electrons. The van der Waals surface area contributed by atoms with Crippen LogP contribution in [0.15, 0.2) is 11.0 Å². The third-order valence-corrected chi connectivity index (χ3v) is 4.74. The van der Waals surface area contributed by atoms with E-state index in [1.807, 2.05) is 12.3 Å². The lowest BCUT2D eigenvalue weighted by Crippen LogP contribution is -2.60. The fourth-order valence-electron chi connectivity index (χ4n) is 2.37. The molecule has 1 N–H and O–H groups in total. The number of thioether (sulfide) groups is 1. The Hall–Kier alpha value is -1.90. The fourth-order valence-corrected chi connectivity index (χ4v) is 3.59. The predicted molar refractivity (Wildman–Crippen MR) is 69.0 cm³/mol. The van der Waals surface area contributed by atoms with Gasteiger partial charge in [0, 0.05) is 12.5 Å². The number of esters is 1. The maximum atomic E-state index is 12.1. The summed E-state index contributed by atoms with van der Waals surface area (Å²) in [6.07, 6.45) is 0. The van der Waals surface area contributed by atoms with E-state index in [2.05, 4.69) is 20.6 Å². The van der Waals surface area contributed by atoms with Crippen LogP contribution in [0.5, 0.6) is 0 Å². The number of aromatic amines is 1. The van der Waals surface area contributed by atoms with Crippen molar-refractivity contribution in [2.75, 3.05) is 6.61 Å². The van der Waals surface area contributed by atoms with Gasteiger partial charge in [-0.05, 0) is 5.41 Å². The molecule has 0 aromatic carbocycles. The van der Waals surface area contributed by atoms with E-state index in [0.717, 1.165) is 5.57 Å². The van der Waals surface area contributed by atoms with Gasteiger partial charge in [-0.3, -0.25) is 9.59 Å². The molecule has 9 heteroatoms. The lowest BCUT2D eigenvalue weighted by molar-refractivity contribution is -0.152. The maximum Gasteiger partial charge on any atom is 0.302 e. The first-order chi connectivity index (χ1) is 9.59. The quantitative estimate of drug-likeness (QED) is 0.629. The van der Waals surface area contributed by atoms with Gasteiger partial charge in [-0.1, -0.05) is 12.1 Å². The average Bonchev–Trinajstić information content (AvgIpc) is 2.96. The molecule has 1 amide bonds. The van der Waals surface area contributed by atoms with Crippen LogP contribution in [0.3, 0.4) is 0 Å². The van der Waals surface area contributed by atoms with Crippen LogP contribution in [0, 0.1) is 5.92 Å². The SMILES string of the molecule is CC(=O)OCC1=CS[C@@H]2[C@H](C)C(=O)N2[C@H]1c1nn[nH]n1. The van der Waals surface area contributed by atoms with Gasteiger partial charge in [0.25, 0.3) is 0 Å². The summed E-state index contributed by atoms with van der Waals surface area (Å²) in [7, 11) is 0. The lowest BCUT2D eigenvalue weighted by Gasteiger charge is -2.50. The van der Waals surface area contributed by atoms with E-state index in [0.29, 0.717) is 5.82 Å². The Labute approximate surface area is 118 Å². The van der Waals surface area contributed by atoms with Crippen molar-refractivity contribution in [1.82, 2.24) is 25.5 Å². The van der Waals surface area contributed by atoms with Crippen LogP contribution in [0.25, 0.3) is 0 Å². The minimum Gasteiger partial charge on any atom is -0.461 e. The molecule has 3 heterocycles. The minimum absolute atomic E-state index is 0.0269. The van der Waals surface area contributed by atoms with Crippen molar-refractivity contribution in [1.29, 1.82) is 0 Å². The number of H-pyrrole nitrogens is 1. The van der Waals surface area contributed by atoms with Crippen molar-refractivity contribution in [2.24, 2.45) is 5.92 Å². The molecule has 20 heavy (non-hydrogen) atoms. The molecule has 0 spiro atoms. The van der Waals surface area contributed by atoms with Crippen LogP contribution in [-0.4, -0.2) is 49.4 Å². The Morgan fingerprint density at radius 2 is 2.40 bits per heavy atom. The Bertz CT molecular complexity index is 573. The standard InChI is InChI=1S/C11H13N5O3S/c1-5-10(18)16-8(9-12-14-15-13-9)7(3-19-6(2)17)4-20-11(5)16/h4-5,8,11H,3H2,1-2H3,(H,12,13,14,15)/t5-,8-,11-/m1/s1. The largest absolute Gasteiger partial charge is 0.461 e. The van der Waals surface area contributed by atoms with Crippen molar-refractivity contribution in [3.8, 4) is 0 Å². The number of carbonyl (C=O) groups is 2. The van der Waals surface area contributed by atoms with Gasteiger partial charge in [-0.25, -0.2) is 0 Å². The van der Waals surface area contributed by atoms with Crippen molar-refractivity contribution in [3.63, 3.8) is 0 Å². The number of carbonyl (C=O) groups excluding carboxylic acids is 2. The second-order valence-corrected chi connectivity index (χ2v) is 5.70. The Kier molecular flexibility index (Phi) is 3.20. The average molecular weight is 295 g/mol. The lowest BCUT2D eigenvalue weighted by atomic mass is 9.94. The van der Waals surface area contributed by atoms with Gasteiger partial charge >= 0.3 is 5.97 Å². The predicted octanol–water partition coefficient (Wildman–Crippen LogP) is 0.239. The van der Waals surface area contributed by atoms with E-state index < -0.39 is 6.04 Å². The molecule has 3 rings (SSSR count). The molecule has 8 nitrogen and oxygen atoms in total. The highest BCUT2D eigenvalue weighted by Crippen LogP contribution is 2.48. The van der Waals surface area contributed by atoms with Gasteiger partial charge in [-0.15, -0.1) is 22.0 Å². The van der Waals surface area contributed by atoms with E-state index >= 15 is 0 Å². The van der Waals surface area contributed by atoms with Crippen molar-refractivity contribution in [3.05, 3.63) is 16.8 Å². The number of rotatable bonds is 3. The molecule has 0 radical (unpaired) electrons. The molecular formula is C11H13N5O3S. The number of β-lactam (4-membered cyclic amide) rings is 1. The van der Waals surface area contributed by atoms with Gasteiger partial charge in [0.1, 0.15) is 12.6 Å². The van der Waals surface area contributed by atoms with Crippen molar-refractivity contribution < 1.29 is 14.3 Å². The summed E-state index contributed by atoms with van der Waals surface area (Å²) in [5.74, 6) is 0.0637. The zero-order chi connectivity index (χ0) is 14.3. The molecular weight excluding hydrogens is 282 g/mol. The van der Waals surface area contributed by atoms with E-state index in [1.54, 1.807) is 16.7 Å². The number of ether oxygens (including phenoxy) is 1. The number of aromatic nitrogens is 4. The highest BCUT2D eigenvalue weighted by Gasteiger charge is 2.52. The zero-order valence-electron chi connectivity index (χ0n) is 10.9. The number of fused-ring (bicyclic) bond motifs is 1. The monoisotopic (exact) mass is 295 g/mol. The summed E-state index contributed by atoms with van der Waals surface area (Å²) in [5, 5.41) is 15.9. The Morgan fingerprint density at radius 1 is 1.60 bits per heavy atom. The molecule has 0 bridgehead atoms. The molecule has 1 aromatic rings. The second kappa shape index (κ2) is 4.89. The molecule has 0 unspecified atom stereocenters. The van der Waals surface area contributed by atoms with Gasteiger partial charge in [0.15, 0.2) is 0 Å². The topological polar surface area (TPSA) is 101 Å². The third kappa shape index (κ3) is 1.98. The summed E-state index contributed by atoms with van der Waals surface area (Å²) >= 11 is 1.55.